The van der Waals surface area contributed by atoms with Crippen molar-refractivity contribution in [3.63, 3.8) is 0 Å². The van der Waals surface area contributed by atoms with Gasteiger partial charge in [0.05, 0.1) is 20.8 Å². The van der Waals surface area contributed by atoms with Crippen molar-refractivity contribution >= 4 is 156 Å². The molecule has 0 spiro atoms. The van der Waals surface area contributed by atoms with E-state index in [2.05, 4.69) is 59.3 Å². The number of halogens is 8. The van der Waals surface area contributed by atoms with Crippen LogP contribution < -0.4 is 18.9 Å². The predicted octanol–water partition coefficient (Wildman–Crippen LogP) is 27.8. The van der Waals surface area contributed by atoms with Gasteiger partial charge in [0.2, 0.25) is 0 Å². The van der Waals surface area contributed by atoms with Crippen molar-refractivity contribution in [2.75, 3.05) is 26.4 Å². The molecule has 4 aromatic rings. The first-order chi connectivity index (χ1) is 53.1. The summed E-state index contributed by atoms with van der Waals surface area (Å²) in [6.07, 6.45) is 12.0. The van der Waals surface area contributed by atoms with Gasteiger partial charge in [-0.1, -0.05) is 145 Å². The average molecular weight is 2220 g/mol. The number of rotatable bonds is 55. The first-order valence-electron chi connectivity index (χ1n) is 40.1. The Kier molecular flexibility index (Phi) is 64.0. The number of hydrogen-bond acceptors (Lipinski definition) is 12. The van der Waals surface area contributed by atoms with Crippen molar-refractivity contribution in [2.45, 2.75) is 307 Å². The van der Waals surface area contributed by atoms with Crippen LogP contribution >= 0.6 is 77.5 Å². The molecule has 0 aliphatic carbocycles. The number of benzene rings is 4. The van der Waals surface area contributed by atoms with Gasteiger partial charge in [0.15, 0.2) is 0 Å². The summed E-state index contributed by atoms with van der Waals surface area (Å²) in [6, 6.07) is 38.6. The maximum absolute atomic E-state index is 13.2. The van der Waals surface area contributed by atoms with Crippen LogP contribution in [0, 0.1) is 36.6 Å². The standard InChI is InChI=1S/C84H133O12Si5.4CH3.8ClH.4Ru/c1-65(2)93-77-37-29-73(61-69(77)9)33-41-81(85)89-45-21-49-97(13,14)53-25-57-101(58-26-54-98(15,16)50-22-46-90-82(86)42-34-74-30-38-78(70(10)62-74)94-66(3)4,59-27-55-99(17,18)51-23-47-91-83(87)43-35-75-31-39-79(71(11)63-75)95-67(5)6)60-28-56-100(19,20)52-24-48-92-84(88)44-36-76-32-40-80(72(12)64-76)96-68(7)8;;;;;;;;;;;;;;;;/h9-11,29-32,37-40,61-68H,12,21-28,33-36,41-60H2,1-8,13-20H3;4*1H3;8*1H;;;;/q5*-1;;;;;;;;;3*+2;+4/p-8. The zero-order chi connectivity index (χ0) is 84.4. The third-order valence-corrected chi connectivity index (χ3v) is 44.9. The molecule has 680 valence electrons. The molecule has 0 fully saturated rings. The molecule has 0 saturated carbocycles. The van der Waals surface area contributed by atoms with E-state index in [1.807, 2.05) is 142 Å². The van der Waals surface area contributed by atoms with Gasteiger partial charge in [-0.2, -0.15) is 18.6 Å². The summed E-state index contributed by atoms with van der Waals surface area (Å²) in [7, 11) is 38.9. The topological polar surface area (TPSA) is 142 Å². The third kappa shape index (κ3) is 55.5. The minimum absolute atomic E-state index is 0. The second-order valence-electron chi connectivity index (χ2n) is 34.1. The number of esters is 4. The molecule has 0 amide bonds. The van der Waals surface area contributed by atoms with Crippen LogP contribution in [0.4, 0.5) is 0 Å². The van der Waals surface area contributed by atoms with Crippen molar-refractivity contribution in [2.24, 2.45) is 0 Å². The van der Waals surface area contributed by atoms with E-state index in [0.717, 1.165) is 117 Å². The van der Waals surface area contributed by atoms with Gasteiger partial charge in [0.1, 0.15) is 0 Å². The van der Waals surface area contributed by atoms with Crippen molar-refractivity contribution in [3.05, 3.63) is 154 Å². The molecular formula is C88H145Cl8O12Ru4Si5-3. The van der Waals surface area contributed by atoms with Gasteiger partial charge < -0.3 is 39.2 Å². The van der Waals surface area contributed by atoms with E-state index in [9.17, 15) is 19.2 Å². The minimum atomic E-state index is -2.11. The van der Waals surface area contributed by atoms with E-state index in [1.165, 1.54) is 74.0 Å². The zero-order valence-corrected chi connectivity index (χ0v) is 92.1. The van der Waals surface area contributed by atoms with Crippen molar-refractivity contribution in [1.82, 2.24) is 0 Å². The number of aryl methyl sites for hydroxylation is 4. The molecule has 117 heavy (non-hydrogen) atoms. The Morgan fingerprint density at radius 3 is 0.769 bits per heavy atom. The predicted molar refractivity (Wildman–Crippen MR) is 509 cm³/mol. The van der Waals surface area contributed by atoms with E-state index >= 15 is 0 Å². The Hall–Kier alpha value is -0.662. The van der Waals surface area contributed by atoms with Crippen LogP contribution in [0.1, 0.15) is 177 Å². The van der Waals surface area contributed by atoms with Crippen LogP contribution in [0.15, 0.2) is 72.8 Å². The third-order valence-electron chi connectivity index (χ3n) is 20.1. The Bertz CT molecular complexity index is 3330. The molecule has 12 nitrogen and oxygen atoms in total. The van der Waals surface area contributed by atoms with Gasteiger partial charge in [-0.3, -0.25) is 4.79 Å². The van der Waals surface area contributed by atoms with Gasteiger partial charge in [0.25, 0.3) is 0 Å². The normalized spacial score (nSPS) is 12.0. The fraction of sp³-hybridized carbons (Fsp3) is 0.591. The van der Waals surface area contributed by atoms with Gasteiger partial charge in [-0.25, -0.2) is 0 Å². The second kappa shape index (κ2) is 63.3. The van der Waals surface area contributed by atoms with E-state index < -0.39 is 80.9 Å². The Labute approximate surface area is 770 Å². The Morgan fingerprint density at radius 2 is 0.556 bits per heavy atom. The molecular weight excluding hydrogens is 2080 g/mol. The van der Waals surface area contributed by atoms with Crippen LogP contribution in [-0.4, -0.2) is 129 Å². The summed E-state index contributed by atoms with van der Waals surface area (Å²) < 4.78 is 53.2. The van der Waals surface area contributed by atoms with Gasteiger partial charge >= 0.3 is 499 Å². The molecule has 0 aromatic heterocycles. The molecule has 29 heteroatoms. The molecule has 0 aliphatic rings. The van der Waals surface area contributed by atoms with E-state index in [0.29, 0.717) is 77.8 Å². The molecule has 0 bridgehead atoms. The van der Waals surface area contributed by atoms with Crippen molar-refractivity contribution < 1.29 is 113 Å². The monoisotopic (exact) mass is 2220 g/mol. The summed E-state index contributed by atoms with van der Waals surface area (Å²) in [5.74, 6) is 2.31. The molecule has 4 aromatic carbocycles. The first-order valence-corrected chi connectivity index (χ1v) is 77.5. The second-order valence-corrected chi connectivity index (χ2v) is 80.2. The van der Waals surface area contributed by atoms with Crippen LogP contribution in [-0.2, 0) is 120 Å². The number of ether oxygens (including phenoxy) is 8. The van der Waals surface area contributed by atoms with E-state index in [1.54, 1.807) is 0 Å². The molecule has 4 rings (SSSR count). The van der Waals surface area contributed by atoms with Gasteiger partial charge in [0, 0.05) is 20.2 Å². The fourth-order valence-electron chi connectivity index (χ4n) is 14.2. The van der Waals surface area contributed by atoms with Crippen LogP contribution in [0.2, 0.25) is 125 Å². The summed E-state index contributed by atoms with van der Waals surface area (Å²) in [5, 5.41) is 0. The Morgan fingerprint density at radius 1 is 0.350 bits per heavy atom. The van der Waals surface area contributed by atoms with Crippen LogP contribution in [0.5, 0.6) is 23.0 Å². The summed E-state index contributed by atoms with van der Waals surface area (Å²) in [6.45, 7) is 42.1. The molecule has 0 saturated heterocycles. The molecule has 0 unspecified atom stereocenters. The molecule has 0 N–H and O–H groups in total. The van der Waals surface area contributed by atoms with Gasteiger partial charge in [-0.05, 0) is 26.7 Å². The summed E-state index contributed by atoms with van der Waals surface area (Å²) in [5.41, 5.74) is 7.54. The average Bonchev–Trinajstić information content (AvgIpc) is 0.864. The zero-order valence-electron chi connectivity index (χ0n) is 74.1. The van der Waals surface area contributed by atoms with E-state index in [-0.39, 0.29) is 93.1 Å². The van der Waals surface area contributed by atoms with Gasteiger partial charge in [-0.15, -0.1) is 5.56 Å². The number of carbonyl (C=O) groups excluding carboxylic acids is 4. The Balaban J connectivity index is 0. The molecule has 0 heterocycles. The fourth-order valence-corrected chi connectivity index (χ4v) is 36.1. The molecule has 0 aliphatic heterocycles. The van der Waals surface area contributed by atoms with Crippen molar-refractivity contribution in [3.8, 4) is 23.0 Å². The number of carbonyl (C=O) groups is 4. The number of hydrogen-bond donors (Lipinski definition) is 0. The quantitative estimate of drug-likeness (QED) is 0.0137. The van der Waals surface area contributed by atoms with Crippen molar-refractivity contribution in [1.29, 1.82) is 0 Å². The summed E-state index contributed by atoms with van der Waals surface area (Å²) >= 11 is -6.66. The molecule has 0 atom stereocenters. The SMILES string of the molecule is [CH2-]c1cc(CCC(=O)OCCC[Si](C)(C)CCC[Si](CCC[Si](C)(C)CCCOC(=O)CCc2ccc(OC(C)C)c([CH]=[Ru]([Cl])[Cl])c2)(CCC[Si](C)(C)CCCOC(=O)CCc2ccc(OC(C)C)c([CH]=[Ru]([Cl])[Cl])c2)CCC[Si](C)(C)CCCOC(=O)CCc2ccc(OC(C)C)c([CH]=[Ru]([Cl])[Cl])c2)ccc1OC(C)C.[CH3-].[CH3-].[CH3-].[CH3-].[Cl][Ru+2][Cl]. The maximum atomic E-state index is 13.2. The first kappa shape index (κ1) is 118. The molecule has 0 radical (unpaired) electrons. The summed E-state index contributed by atoms with van der Waals surface area (Å²) in [4.78, 5) is 52.7. The van der Waals surface area contributed by atoms with Crippen LogP contribution in [0.25, 0.3) is 0 Å². The van der Waals surface area contributed by atoms with E-state index in [4.69, 9.17) is 115 Å². The van der Waals surface area contributed by atoms with Crippen LogP contribution in [0.3, 0.4) is 0 Å².